The van der Waals surface area contributed by atoms with Gasteiger partial charge in [0.1, 0.15) is 5.75 Å². The Bertz CT molecular complexity index is 803. The molecule has 2 aromatic carbocycles. The van der Waals surface area contributed by atoms with E-state index in [1.165, 1.54) is 0 Å². The molecule has 0 aliphatic carbocycles. The lowest BCUT2D eigenvalue weighted by molar-refractivity contribution is 0.415. The molecule has 0 fully saturated rings. The highest BCUT2D eigenvalue weighted by molar-refractivity contribution is 7.99. The summed E-state index contributed by atoms with van der Waals surface area (Å²) >= 11 is 1.55. The maximum absolute atomic E-state index is 8.89. The lowest BCUT2D eigenvalue weighted by atomic mass is 10.1. The number of hydrogen-bond donors (Lipinski definition) is 1. The van der Waals surface area contributed by atoms with Gasteiger partial charge in [-0.3, -0.25) is 0 Å². The van der Waals surface area contributed by atoms with Gasteiger partial charge >= 0.3 is 0 Å². The van der Waals surface area contributed by atoms with Gasteiger partial charge < -0.3 is 9.72 Å². The molecule has 0 spiro atoms. The molecular formula is C17H14N2OS. The van der Waals surface area contributed by atoms with Crippen LogP contribution in [0.4, 0.5) is 0 Å². The summed E-state index contributed by atoms with van der Waals surface area (Å²) in [5, 5.41) is 9.98. The second-order valence-corrected chi connectivity index (χ2v) is 5.54. The average Bonchev–Trinajstić information content (AvgIpc) is 2.91. The minimum absolute atomic E-state index is 0.421. The van der Waals surface area contributed by atoms with E-state index < -0.39 is 0 Å². The number of nitriles is 1. The van der Waals surface area contributed by atoms with Crippen LogP contribution in [0.15, 0.2) is 53.4 Å². The van der Waals surface area contributed by atoms with Crippen LogP contribution in [0.2, 0.25) is 0 Å². The van der Waals surface area contributed by atoms with E-state index in [-0.39, 0.29) is 0 Å². The molecule has 0 aliphatic rings. The van der Waals surface area contributed by atoms with Gasteiger partial charge in [0.25, 0.3) is 0 Å². The van der Waals surface area contributed by atoms with Crippen molar-refractivity contribution in [1.82, 2.24) is 4.98 Å². The number of methoxy groups -OCH3 is 1. The molecule has 0 aliphatic heterocycles. The van der Waals surface area contributed by atoms with Gasteiger partial charge in [-0.15, -0.1) is 11.8 Å². The largest absolute Gasteiger partial charge is 0.497 e. The van der Waals surface area contributed by atoms with Gasteiger partial charge in [0.05, 0.1) is 24.6 Å². The van der Waals surface area contributed by atoms with Crippen molar-refractivity contribution in [3.8, 4) is 23.1 Å². The van der Waals surface area contributed by atoms with E-state index in [9.17, 15) is 0 Å². The van der Waals surface area contributed by atoms with E-state index in [2.05, 4.69) is 23.2 Å². The Kier molecular flexibility index (Phi) is 3.85. The molecule has 0 atom stereocenters. The molecule has 3 rings (SSSR count). The predicted molar refractivity (Wildman–Crippen MR) is 86.6 cm³/mol. The van der Waals surface area contributed by atoms with Crippen molar-refractivity contribution in [2.75, 3.05) is 12.9 Å². The Hall–Kier alpha value is -2.38. The highest BCUT2D eigenvalue weighted by Gasteiger charge is 2.14. The van der Waals surface area contributed by atoms with Gasteiger partial charge in [0.2, 0.25) is 0 Å². The summed E-state index contributed by atoms with van der Waals surface area (Å²) in [6.45, 7) is 0. The number of ether oxygens (including phenoxy) is 1. The zero-order valence-electron chi connectivity index (χ0n) is 11.6. The number of nitrogens with zero attached hydrogens (tertiary/aromatic N) is 1. The smallest absolute Gasteiger partial charge is 0.119 e. The van der Waals surface area contributed by atoms with Crippen LogP contribution < -0.4 is 4.74 Å². The van der Waals surface area contributed by atoms with Crippen LogP contribution in [0, 0.1) is 11.3 Å². The van der Waals surface area contributed by atoms with Crippen LogP contribution in [-0.4, -0.2) is 17.8 Å². The van der Waals surface area contributed by atoms with Crippen LogP contribution in [-0.2, 0) is 0 Å². The van der Waals surface area contributed by atoms with Crippen LogP contribution in [0.5, 0.6) is 5.75 Å². The monoisotopic (exact) mass is 294 g/mol. The molecule has 3 aromatic rings. The molecule has 0 saturated carbocycles. The molecule has 3 nitrogen and oxygen atoms in total. The molecule has 1 aromatic heterocycles. The second kappa shape index (κ2) is 5.94. The van der Waals surface area contributed by atoms with E-state index in [1.54, 1.807) is 18.9 Å². The Balaban J connectivity index is 2.21. The maximum atomic E-state index is 8.89. The number of hydrogen-bond acceptors (Lipinski definition) is 3. The van der Waals surface area contributed by atoms with Crippen LogP contribution in [0.25, 0.3) is 22.2 Å². The Morgan fingerprint density at radius 3 is 2.71 bits per heavy atom. The van der Waals surface area contributed by atoms with Crippen LogP contribution in [0.3, 0.4) is 0 Å². The maximum Gasteiger partial charge on any atom is 0.119 e. The van der Waals surface area contributed by atoms with Crippen molar-refractivity contribution in [2.45, 2.75) is 4.90 Å². The third-order valence-electron chi connectivity index (χ3n) is 3.30. The molecular weight excluding hydrogens is 280 g/mol. The van der Waals surface area contributed by atoms with Gasteiger partial charge in [-0.25, -0.2) is 0 Å². The molecule has 21 heavy (non-hydrogen) atoms. The summed E-state index contributed by atoms with van der Waals surface area (Å²) in [7, 11) is 1.66. The Morgan fingerprint density at radius 2 is 2.00 bits per heavy atom. The summed E-state index contributed by atoms with van der Waals surface area (Å²) in [6.07, 6.45) is 0. The summed E-state index contributed by atoms with van der Waals surface area (Å²) < 4.78 is 5.31. The van der Waals surface area contributed by atoms with Crippen molar-refractivity contribution in [1.29, 1.82) is 5.26 Å². The number of fused-ring (bicyclic) bond motifs is 1. The first-order chi connectivity index (χ1) is 10.3. The SMILES string of the molecule is COc1ccc2[nH]c(-c3ccccc3)c(SCC#N)c2c1. The van der Waals surface area contributed by atoms with Crippen LogP contribution >= 0.6 is 11.8 Å². The van der Waals surface area contributed by atoms with Crippen molar-refractivity contribution in [3.63, 3.8) is 0 Å². The van der Waals surface area contributed by atoms with Crippen molar-refractivity contribution < 1.29 is 4.74 Å². The number of benzene rings is 2. The summed E-state index contributed by atoms with van der Waals surface area (Å²) in [6, 6.07) is 18.3. The zero-order valence-corrected chi connectivity index (χ0v) is 12.4. The van der Waals surface area contributed by atoms with E-state index in [1.807, 2.05) is 36.4 Å². The van der Waals surface area contributed by atoms with Crippen LogP contribution in [0.1, 0.15) is 0 Å². The number of aromatic amines is 1. The normalized spacial score (nSPS) is 10.5. The lowest BCUT2D eigenvalue weighted by Crippen LogP contribution is -1.82. The number of rotatable bonds is 4. The van der Waals surface area contributed by atoms with E-state index in [4.69, 9.17) is 10.00 Å². The molecule has 0 radical (unpaired) electrons. The van der Waals surface area contributed by atoms with Crippen molar-refractivity contribution in [3.05, 3.63) is 48.5 Å². The van der Waals surface area contributed by atoms with Gasteiger partial charge in [-0.1, -0.05) is 30.3 Å². The first-order valence-electron chi connectivity index (χ1n) is 6.58. The summed E-state index contributed by atoms with van der Waals surface area (Å²) in [5.41, 5.74) is 3.22. The third kappa shape index (κ3) is 2.61. The molecule has 1 heterocycles. The fourth-order valence-electron chi connectivity index (χ4n) is 2.34. The first kappa shape index (κ1) is 13.6. The minimum Gasteiger partial charge on any atom is -0.497 e. The number of aromatic nitrogens is 1. The molecule has 0 unspecified atom stereocenters. The third-order valence-corrected chi connectivity index (χ3v) is 4.29. The minimum atomic E-state index is 0.421. The standard InChI is InChI=1S/C17H14N2OS/c1-20-13-7-8-15-14(11-13)17(21-10-9-18)16(19-15)12-5-3-2-4-6-12/h2-8,11,19H,10H2,1H3. The quantitative estimate of drug-likeness (QED) is 0.723. The lowest BCUT2D eigenvalue weighted by Gasteiger charge is -2.03. The van der Waals surface area contributed by atoms with Gasteiger partial charge in [-0.2, -0.15) is 5.26 Å². The van der Waals surface area contributed by atoms with E-state index in [0.717, 1.165) is 32.8 Å². The highest BCUT2D eigenvalue weighted by atomic mass is 32.2. The predicted octanol–water partition coefficient (Wildman–Crippen LogP) is 4.46. The van der Waals surface area contributed by atoms with E-state index in [0.29, 0.717) is 5.75 Å². The van der Waals surface area contributed by atoms with Gasteiger partial charge in [0, 0.05) is 15.8 Å². The average molecular weight is 294 g/mol. The Morgan fingerprint density at radius 1 is 1.19 bits per heavy atom. The van der Waals surface area contributed by atoms with Gasteiger partial charge in [0.15, 0.2) is 0 Å². The van der Waals surface area contributed by atoms with Crippen molar-refractivity contribution >= 4 is 22.7 Å². The van der Waals surface area contributed by atoms with Gasteiger partial charge in [-0.05, 0) is 23.8 Å². The molecule has 0 bridgehead atoms. The number of H-pyrrole nitrogens is 1. The highest BCUT2D eigenvalue weighted by Crippen LogP contribution is 2.38. The first-order valence-corrected chi connectivity index (χ1v) is 7.57. The molecule has 4 heteroatoms. The van der Waals surface area contributed by atoms with E-state index >= 15 is 0 Å². The number of thioether (sulfide) groups is 1. The molecule has 0 saturated heterocycles. The summed E-state index contributed by atoms with van der Waals surface area (Å²) in [4.78, 5) is 4.55. The summed E-state index contributed by atoms with van der Waals surface area (Å²) in [5.74, 6) is 1.24. The molecule has 0 amide bonds. The van der Waals surface area contributed by atoms with Crippen molar-refractivity contribution in [2.24, 2.45) is 0 Å². The molecule has 1 N–H and O–H groups in total. The fraction of sp³-hybridized carbons (Fsp3) is 0.118. The second-order valence-electron chi connectivity index (χ2n) is 4.55. The number of nitrogens with one attached hydrogen (secondary N) is 1. The zero-order chi connectivity index (χ0) is 14.7. The topological polar surface area (TPSA) is 48.8 Å². The fourth-order valence-corrected chi connectivity index (χ4v) is 3.18. The Labute approximate surface area is 127 Å². The molecule has 104 valence electrons.